The summed E-state index contributed by atoms with van der Waals surface area (Å²) in [6.07, 6.45) is 0. The Kier molecular flexibility index (Phi) is 6.15. The van der Waals surface area contributed by atoms with Gasteiger partial charge in [-0.3, -0.25) is 0 Å². The van der Waals surface area contributed by atoms with E-state index in [-0.39, 0.29) is 0 Å². The van der Waals surface area contributed by atoms with E-state index in [4.69, 9.17) is 9.47 Å². The molecule has 1 N–H and O–H groups in total. The number of hydrogen-bond donors (Lipinski definition) is 1. The Labute approximate surface area is 155 Å². The van der Waals surface area contributed by atoms with Gasteiger partial charge < -0.3 is 14.8 Å². The molecule has 0 spiro atoms. The van der Waals surface area contributed by atoms with Gasteiger partial charge in [-0.1, -0.05) is 42.5 Å². The largest absolute Gasteiger partial charge is 0.490 e. The van der Waals surface area contributed by atoms with Crippen molar-refractivity contribution < 1.29 is 9.47 Å². The molecule has 0 unspecified atom stereocenters. The van der Waals surface area contributed by atoms with E-state index < -0.39 is 0 Å². The Balaban J connectivity index is 1.53. The van der Waals surface area contributed by atoms with Gasteiger partial charge in [-0.05, 0) is 55.3 Å². The molecule has 3 rings (SSSR count). The van der Waals surface area contributed by atoms with Crippen LogP contribution in [0.1, 0.15) is 16.7 Å². The number of para-hydroxylation sites is 2. The van der Waals surface area contributed by atoms with Gasteiger partial charge in [0.1, 0.15) is 24.7 Å². The summed E-state index contributed by atoms with van der Waals surface area (Å²) in [5.41, 5.74) is 4.84. The van der Waals surface area contributed by atoms with Crippen LogP contribution in [-0.4, -0.2) is 13.2 Å². The topological polar surface area (TPSA) is 30.5 Å². The van der Waals surface area contributed by atoms with Gasteiger partial charge in [-0.25, -0.2) is 0 Å². The second kappa shape index (κ2) is 8.95. The van der Waals surface area contributed by atoms with E-state index in [1.54, 1.807) is 0 Å². The maximum Gasteiger partial charge on any atom is 0.124 e. The second-order valence-electron chi connectivity index (χ2n) is 6.27. The molecule has 26 heavy (non-hydrogen) atoms. The van der Waals surface area contributed by atoms with Crippen molar-refractivity contribution in [2.45, 2.75) is 20.4 Å². The zero-order valence-electron chi connectivity index (χ0n) is 15.4. The molecule has 0 aliphatic heterocycles. The van der Waals surface area contributed by atoms with Crippen LogP contribution in [0, 0.1) is 13.8 Å². The molecule has 0 atom stereocenters. The average molecular weight is 347 g/mol. The van der Waals surface area contributed by atoms with Gasteiger partial charge in [-0.15, -0.1) is 0 Å². The Bertz CT molecular complexity index is 831. The van der Waals surface area contributed by atoms with Crippen LogP contribution in [0.15, 0.2) is 72.8 Å². The maximum atomic E-state index is 5.93. The van der Waals surface area contributed by atoms with Crippen molar-refractivity contribution in [2.24, 2.45) is 0 Å². The Morgan fingerprint density at radius 3 is 2.27 bits per heavy atom. The molecule has 3 heteroatoms. The standard InChI is InChI=1S/C23H25NO2/c1-18-12-13-21(16-19(18)2)24-17-20-8-6-7-11-23(20)26-15-14-25-22-9-4-3-5-10-22/h3-13,16,24H,14-15,17H2,1-2H3. The molecule has 0 radical (unpaired) electrons. The van der Waals surface area contributed by atoms with Crippen molar-refractivity contribution in [3.63, 3.8) is 0 Å². The summed E-state index contributed by atoms with van der Waals surface area (Å²) in [7, 11) is 0. The first-order valence-corrected chi connectivity index (χ1v) is 8.92. The lowest BCUT2D eigenvalue weighted by atomic mass is 10.1. The van der Waals surface area contributed by atoms with E-state index >= 15 is 0 Å². The number of anilines is 1. The van der Waals surface area contributed by atoms with Gasteiger partial charge in [0.2, 0.25) is 0 Å². The minimum atomic E-state index is 0.509. The molecule has 0 aromatic heterocycles. The highest BCUT2D eigenvalue weighted by Crippen LogP contribution is 2.21. The Morgan fingerprint density at radius 1 is 0.731 bits per heavy atom. The summed E-state index contributed by atoms with van der Waals surface area (Å²) in [5, 5.41) is 3.47. The first-order chi connectivity index (χ1) is 12.7. The first-order valence-electron chi connectivity index (χ1n) is 8.92. The fraction of sp³-hybridized carbons (Fsp3) is 0.217. The third-order valence-electron chi connectivity index (χ3n) is 4.32. The summed E-state index contributed by atoms with van der Waals surface area (Å²) in [5.74, 6) is 1.75. The highest BCUT2D eigenvalue weighted by molar-refractivity contribution is 5.49. The predicted octanol–water partition coefficient (Wildman–Crippen LogP) is 5.37. The monoisotopic (exact) mass is 347 g/mol. The molecule has 3 nitrogen and oxygen atoms in total. The highest BCUT2D eigenvalue weighted by atomic mass is 16.5. The van der Waals surface area contributed by atoms with Crippen LogP contribution in [0.25, 0.3) is 0 Å². The first kappa shape index (κ1) is 17.9. The van der Waals surface area contributed by atoms with Crippen LogP contribution in [0.3, 0.4) is 0 Å². The van der Waals surface area contributed by atoms with Crippen LogP contribution >= 0.6 is 0 Å². The van der Waals surface area contributed by atoms with E-state index in [9.17, 15) is 0 Å². The van der Waals surface area contributed by atoms with E-state index in [1.807, 2.05) is 48.5 Å². The number of hydrogen-bond acceptors (Lipinski definition) is 3. The second-order valence-corrected chi connectivity index (χ2v) is 6.27. The molecule has 0 heterocycles. The average Bonchev–Trinajstić information content (AvgIpc) is 2.68. The zero-order chi connectivity index (χ0) is 18.2. The lowest BCUT2D eigenvalue weighted by Crippen LogP contribution is -2.11. The number of rotatable bonds is 8. The lowest BCUT2D eigenvalue weighted by Gasteiger charge is -2.14. The number of ether oxygens (including phenoxy) is 2. The fourth-order valence-electron chi connectivity index (χ4n) is 2.67. The van der Waals surface area contributed by atoms with Crippen LogP contribution in [0.4, 0.5) is 5.69 Å². The van der Waals surface area contributed by atoms with E-state index in [0.717, 1.165) is 29.3 Å². The number of nitrogens with one attached hydrogen (secondary N) is 1. The van der Waals surface area contributed by atoms with Crippen molar-refractivity contribution in [2.75, 3.05) is 18.5 Å². The fourth-order valence-corrected chi connectivity index (χ4v) is 2.67. The van der Waals surface area contributed by atoms with Gasteiger partial charge in [0.05, 0.1) is 0 Å². The zero-order valence-corrected chi connectivity index (χ0v) is 15.4. The smallest absolute Gasteiger partial charge is 0.124 e. The van der Waals surface area contributed by atoms with Gasteiger partial charge in [-0.2, -0.15) is 0 Å². The van der Waals surface area contributed by atoms with Crippen molar-refractivity contribution in [3.8, 4) is 11.5 Å². The van der Waals surface area contributed by atoms with Crippen molar-refractivity contribution in [1.29, 1.82) is 0 Å². The summed E-state index contributed by atoms with van der Waals surface area (Å²) >= 11 is 0. The molecule has 0 fully saturated rings. The molecular formula is C23H25NO2. The van der Waals surface area contributed by atoms with Crippen molar-refractivity contribution in [3.05, 3.63) is 89.5 Å². The normalized spacial score (nSPS) is 10.4. The Morgan fingerprint density at radius 2 is 1.46 bits per heavy atom. The number of benzene rings is 3. The van der Waals surface area contributed by atoms with Crippen LogP contribution < -0.4 is 14.8 Å². The Hall–Kier alpha value is -2.94. The molecule has 3 aromatic rings. The molecular weight excluding hydrogens is 322 g/mol. The quantitative estimate of drug-likeness (QED) is 0.555. The van der Waals surface area contributed by atoms with Crippen LogP contribution in [-0.2, 0) is 6.54 Å². The summed E-state index contributed by atoms with van der Waals surface area (Å²) in [4.78, 5) is 0. The third-order valence-corrected chi connectivity index (χ3v) is 4.32. The summed E-state index contributed by atoms with van der Waals surface area (Å²) in [6.45, 7) is 6.00. The molecule has 0 aliphatic carbocycles. The molecule has 3 aromatic carbocycles. The third kappa shape index (κ3) is 5.03. The molecule has 0 bridgehead atoms. The van der Waals surface area contributed by atoms with Crippen LogP contribution in [0.2, 0.25) is 0 Å². The molecule has 0 saturated heterocycles. The van der Waals surface area contributed by atoms with Crippen LogP contribution in [0.5, 0.6) is 11.5 Å². The lowest BCUT2D eigenvalue weighted by molar-refractivity contribution is 0.216. The molecule has 134 valence electrons. The van der Waals surface area contributed by atoms with E-state index in [2.05, 4.69) is 43.4 Å². The predicted molar refractivity (Wildman–Crippen MR) is 107 cm³/mol. The minimum Gasteiger partial charge on any atom is -0.490 e. The summed E-state index contributed by atoms with van der Waals surface area (Å²) in [6, 6.07) is 24.3. The SMILES string of the molecule is Cc1ccc(NCc2ccccc2OCCOc2ccccc2)cc1C. The van der Waals surface area contributed by atoms with Gasteiger partial charge in [0, 0.05) is 17.8 Å². The molecule has 0 amide bonds. The minimum absolute atomic E-state index is 0.509. The maximum absolute atomic E-state index is 5.93. The van der Waals surface area contributed by atoms with Crippen molar-refractivity contribution >= 4 is 5.69 Å². The highest BCUT2D eigenvalue weighted by Gasteiger charge is 2.04. The van der Waals surface area contributed by atoms with Gasteiger partial charge in [0.15, 0.2) is 0 Å². The van der Waals surface area contributed by atoms with Gasteiger partial charge >= 0.3 is 0 Å². The van der Waals surface area contributed by atoms with E-state index in [0.29, 0.717) is 13.2 Å². The molecule has 0 saturated carbocycles. The van der Waals surface area contributed by atoms with Gasteiger partial charge in [0.25, 0.3) is 0 Å². The van der Waals surface area contributed by atoms with Crippen molar-refractivity contribution in [1.82, 2.24) is 0 Å². The summed E-state index contributed by atoms with van der Waals surface area (Å²) < 4.78 is 11.6. The number of aryl methyl sites for hydroxylation is 2. The van der Waals surface area contributed by atoms with E-state index in [1.165, 1.54) is 11.1 Å². The molecule has 0 aliphatic rings.